The zero-order chi connectivity index (χ0) is 38.2. The van der Waals surface area contributed by atoms with Crippen molar-refractivity contribution in [1.82, 2.24) is 5.32 Å². The maximum atomic E-state index is 14.8. The predicted molar refractivity (Wildman–Crippen MR) is 202 cm³/mol. The van der Waals surface area contributed by atoms with Crippen molar-refractivity contribution in [3.8, 4) is 0 Å². The lowest BCUT2D eigenvalue weighted by atomic mass is 9.32. The summed E-state index contributed by atoms with van der Waals surface area (Å²) < 4.78 is 21.0. The van der Waals surface area contributed by atoms with Crippen LogP contribution in [-0.4, -0.2) is 29.1 Å². The lowest BCUT2D eigenvalue weighted by Gasteiger charge is -2.73. The zero-order valence-electron chi connectivity index (χ0n) is 33.6. The molecular formula is C45H66FNO5. The minimum Gasteiger partial charge on any atom is -0.481 e. The molecule has 0 aromatic heterocycles. The van der Waals surface area contributed by atoms with E-state index in [0.717, 1.165) is 57.8 Å². The van der Waals surface area contributed by atoms with Gasteiger partial charge in [0, 0.05) is 23.9 Å². The van der Waals surface area contributed by atoms with Gasteiger partial charge in [-0.1, -0.05) is 65.0 Å². The number of hydrogen-bond donors (Lipinski definition) is 2. The Morgan fingerprint density at radius 2 is 1.65 bits per heavy atom. The molecule has 6 rings (SSSR count). The van der Waals surface area contributed by atoms with Crippen LogP contribution in [0.2, 0.25) is 0 Å². The molecule has 0 heterocycles. The molecule has 0 spiro atoms. The summed E-state index contributed by atoms with van der Waals surface area (Å²) >= 11 is 0. The van der Waals surface area contributed by atoms with Crippen LogP contribution in [0.4, 0.5) is 4.39 Å². The minimum absolute atomic E-state index is 0.0380. The first-order valence-corrected chi connectivity index (χ1v) is 20.2. The average molecular weight is 720 g/mol. The van der Waals surface area contributed by atoms with Crippen molar-refractivity contribution in [2.75, 3.05) is 0 Å². The smallest absolute Gasteiger partial charge is 0.309 e. The Hall–Kier alpha value is -2.70. The van der Waals surface area contributed by atoms with E-state index in [1.807, 2.05) is 6.07 Å². The second-order valence-corrected chi connectivity index (χ2v) is 20.3. The summed E-state index contributed by atoms with van der Waals surface area (Å²) in [4.78, 5) is 38.6. The number of carboxylic acids is 1. The molecule has 7 heteroatoms. The van der Waals surface area contributed by atoms with Gasteiger partial charge >= 0.3 is 11.9 Å². The molecule has 0 bridgehead atoms. The number of fused-ring (bicyclic) bond motifs is 7. The number of halogens is 1. The third-order valence-electron chi connectivity index (χ3n) is 16.9. The van der Waals surface area contributed by atoms with Crippen LogP contribution in [0.15, 0.2) is 30.4 Å². The van der Waals surface area contributed by atoms with E-state index in [2.05, 4.69) is 53.4 Å². The van der Waals surface area contributed by atoms with Crippen LogP contribution in [-0.2, 0) is 25.7 Å². The molecule has 6 nitrogen and oxygen atoms in total. The van der Waals surface area contributed by atoms with Crippen molar-refractivity contribution in [2.24, 2.45) is 62.1 Å². The Bertz CT molecular complexity index is 1620. The summed E-state index contributed by atoms with van der Waals surface area (Å²) in [5.74, 6) is 0.690. The molecule has 2 N–H and O–H groups in total. The van der Waals surface area contributed by atoms with Gasteiger partial charge in [-0.15, -0.1) is 0 Å². The molecule has 5 fully saturated rings. The van der Waals surface area contributed by atoms with Gasteiger partial charge in [-0.05, 0) is 149 Å². The van der Waals surface area contributed by atoms with Gasteiger partial charge in [-0.3, -0.25) is 14.4 Å². The molecule has 288 valence electrons. The van der Waals surface area contributed by atoms with Crippen molar-refractivity contribution in [1.29, 1.82) is 0 Å². The second-order valence-electron chi connectivity index (χ2n) is 20.3. The van der Waals surface area contributed by atoms with Crippen molar-refractivity contribution in [3.63, 3.8) is 0 Å². The van der Waals surface area contributed by atoms with Crippen LogP contribution in [0.1, 0.15) is 144 Å². The normalized spacial score (nSPS) is 39.3. The third kappa shape index (κ3) is 6.06. The number of esters is 1. The van der Waals surface area contributed by atoms with Gasteiger partial charge in [0.25, 0.3) is 0 Å². The van der Waals surface area contributed by atoms with E-state index in [0.29, 0.717) is 47.1 Å². The Balaban J connectivity index is 1.22. The van der Waals surface area contributed by atoms with E-state index >= 15 is 0 Å². The Morgan fingerprint density at radius 3 is 2.33 bits per heavy atom. The number of aliphatic carboxylic acids is 1. The molecule has 0 saturated heterocycles. The molecule has 1 aromatic rings. The number of carbonyl (C=O) groups excluding carboxylic acids is 2. The summed E-state index contributed by atoms with van der Waals surface area (Å²) in [5.41, 5.74) is 1.33. The molecule has 52 heavy (non-hydrogen) atoms. The number of carboxylic acid groups (broad SMARTS) is 1. The van der Waals surface area contributed by atoms with Gasteiger partial charge in [0.2, 0.25) is 5.91 Å². The first-order chi connectivity index (χ1) is 24.1. The fraction of sp³-hybridized carbons (Fsp3) is 0.756. The minimum atomic E-state index is -1.16. The number of ether oxygens (including phenoxy) is 1. The highest BCUT2D eigenvalue weighted by molar-refractivity contribution is 5.81. The number of hydrogen-bond acceptors (Lipinski definition) is 4. The third-order valence-corrected chi connectivity index (χ3v) is 16.9. The Kier molecular flexibility index (Phi) is 9.94. The van der Waals surface area contributed by atoms with E-state index in [-0.39, 0.29) is 57.9 Å². The summed E-state index contributed by atoms with van der Waals surface area (Å²) in [6.45, 7) is 24.2. The highest BCUT2D eigenvalue weighted by atomic mass is 19.1. The van der Waals surface area contributed by atoms with E-state index in [4.69, 9.17) is 4.74 Å². The first-order valence-electron chi connectivity index (χ1n) is 20.2. The SMILES string of the molecule is C=C(C)[C@@H]1CC[C@]2(CC(=O)NCc3cccc(C)c3F)CC[C@]3(C)[C@H](CC[C@@H]4[C@@]5(C)CC[C@H](OC(=O)CC(C)(C)C(=O)O)C(C)(C)[C@@H]5CC[C@]43C)[C@@H]12. The fourth-order valence-electron chi connectivity index (χ4n) is 13.8. The van der Waals surface area contributed by atoms with Gasteiger partial charge in [-0.25, -0.2) is 4.39 Å². The van der Waals surface area contributed by atoms with Crippen LogP contribution in [0.25, 0.3) is 0 Å². The van der Waals surface area contributed by atoms with Crippen molar-refractivity contribution in [3.05, 3.63) is 47.3 Å². The van der Waals surface area contributed by atoms with Gasteiger partial charge in [0.15, 0.2) is 0 Å². The Morgan fingerprint density at radius 1 is 0.942 bits per heavy atom. The molecule has 10 atom stereocenters. The molecule has 5 aliphatic rings. The number of benzene rings is 1. The largest absolute Gasteiger partial charge is 0.481 e. The summed E-state index contributed by atoms with van der Waals surface area (Å²) in [5, 5.41) is 12.7. The fourth-order valence-corrected chi connectivity index (χ4v) is 13.8. The molecule has 5 aliphatic carbocycles. The van der Waals surface area contributed by atoms with E-state index in [1.54, 1.807) is 32.9 Å². The number of nitrogens with one attached hydrogen (secondary N) is 1. The number of allylic oxidation sites excluding steroid dienone is 1. The molecule has 0 aliphatic heterocycles. The maximum absolute atomic E-state index is 14.8. The zero-order valence-corrected chi connectivity index (χ0v) is 33.6. The molecule has 5 saturated carbocycles. The van der Waals surface area contributed by atoms with Crippen LogP contribution >= 0.6 is 0 Å². The molecule has 1 amide bonds. The summed E-state index contributed by atoms with van der Waals surface area (Å²) in [7, 11) is 0. The number of carbonyl (C=O) groups is 3. The molecule has 1 aromatic carbocycles. The van der Waals surface area contributed by atoms with E-state index < -0.39 is 17.4 Å². The highest BCUT2D eigenvalue weighted by Crippen LogP contribution is 2.78. The molecule has 0 unspecified atom stereocenters. The van der Waals surface area contributed by atoms with Crippen molar-refractivity contribution >= 4 is 17.8 Å². The molecule has 0 radical (unpaired) electrons. The lowest BCUT2D eigenvalue weighted by molar-refractivity contribution is -0.250. The van der Waals surface area contributed by atoms with E-state index in [1.165, 1.54) is 12.0 Å². The van der Waals surface area contributed by atoms with Gasteiger partial charge in [0.05, 0.1) is 11.8 Å². The quantitative estimate of drug-likeness (QED) is 0.196. The van der Waals surface area contributed by atoms with E-state index in [9.17, 15) is 23.9 Å². The van der Waals surface area contributed by atoms with Crippen molar-refractivity contribution < 1.29 is 28.6 Å². The number of rotatable bonds is 9. The van der Waals surface area contributed by atoms with Gasteiger partial charge < -0.3 is 15.2 Å². The maximum Gasteiger partial charge on any atom is 0.309 e. The monoisotopic (exact) mass is 719 g/mol. The van der Waals surface area contributed by atoms with Crippen molar-refractivity contribution in [2.45, 2.75) is 152 Å². The van der Waals surface area contributed by atoms with Gasteiger partial charge in [-0.2, -0.15) is 0 Å². The molecular weight excluding hydrogens is 653 g/mol. The number of amides is 1. The van der Waals surface area contributed by atoms with Crippen LogP contribution < -0.4 is 5.32 Å². The summed E-state index contributed by atoms with van der Waals surface area (Å²) in [6, 6.07) is 5.38. The highest BCUT2D eigenvalue weighted by Gasteiger charge is 2.71. The topological polar surface area (TPSA) is 92.7 Å². The van der Waals surface area contributed by atoms with Crippen LogP contribution in [0.3, 0.4) is 0 Å². The average Bonchev–Trinajstić information content (AvgIpc) is 3.42. The Labute approximate surface area is 312 Å². The predicted octanol–water partition coefficient (Wildman–Crippen LogP) is 10.2. The standard InChI is InChI=1S/C45H66FNO5/c1-27(2)30-16-21-45(24-35(48)47-26-29-13-11-12-28(3)38(29)46)23-22-43(9)31(37(30)45)14-15-33-42(8)19-18-34(52-36(49)25-40(4,5)39(50)51)41(6,7)32(42)17-20-44(33,43)10/h11-13,30-34,37H,1,14-26H2,2-10H3,(H,47,48)(H,50,51)/t30-,31+,32-,33+,34-,37+,42-,43+,44+,45+/m0/s1. The first kappa shape index (κ1) is 39.0. The summed E-state index contributed by atoms with van der Waals surface area (Å²) in [6.07, 6.45) is 10.8. The van der Waals surface area contributed by atoms with Crippen LogP contribution in [0, 0.1) is 74.8 Å². The van der Waals surface area contributed by atoms with Gasteiger partial charge in [0.1, 0.15) is 11.9 Å². The van der Waals surface area contributed by atoms with Crippen LogP contribution in [0.5, 0.6) is 0 Å². The lowest BCUT2D eigenvalue weighted by Crippen LogP contribution is -2.67. The second kappa shape index (κ2) is 13.3. The number of aryl methyl sites for hydroxylation is 1.